The van der Waals surface area contributed by atoms with E-state index in [4.69, 9.17) is 0 Å². The first kappa shape index (κ1) is 21.5. The second-order valence-corrected chi connectivity index (χ2v) is 10.6. The van der Waals surface area contributed by atoms with Crippen molar-refractivity contribution in [2.45, 2.75) is 50.2 Å². The predicted molar refractivity (Wildman–Crippen MR) is 127 cm³/mol. The van der Waals surface area contributed by atoms with Crippen LogP contribution in [-0.2, 0) is 28.1 Å². The van der Waals surface area contributed by atoms with E-state index in [1.165, 1.54) is 18.4 Å². The van der Waals surface area contributed by atoms with Gasteiger partial charge in [-0.2, -0.15) is 0 Å². The third kappa shape index (κ3) is 3.54. The van der Waals surface area contributed by atoms with E-state index in [1.807, 2.05) is 12.1 Å². The summed E-state index contributed by atoms with van der Waals surface area (Å²) >= 11 is 0. The van der Waals surface area contributed by atoms with Crippen molar-refractivity contribution in [1.82, 2.24) is 20.9 Å². The molecule has 1 saturated carbocycles. The van der Waals surface area contributed by atoms with Crippen LogP contribution in [0.5, 0.6) is 0 Å². The molecule has 2 saturated heterocycles. The van der Waals surface area contributed by atoms with Gasteiger partial charge in [0.25, 0.3) is 5.91 Å². The lowest BCUT2D eigenvalue weighted by Gasteiger charge is -2.61. The van der Waals surface area contributed by atoms with Crippen molar-refractivity contribution in [2.24, 2.45) is 5.41 Å². The Kier molecular flexibility index (Phi) is 5.08. The number of nitrogens with one attached hydrogen (secondary N) is 3. The van der Waals surface area contributed by atoms with E-state index in [1.54, 1.807) is 4.90 Å². The van der Waals surface area contributed by atoms with Crippen LogP contribution in [0.4, 0.5) is 0 Å². The molecule has 3 N–H and O–H groups in total. The number of hydrogen-bond acceptors (Lipinski definition) is 5. The Morgan fingerprint density at radius 3 is 2.53 bits per heavy atom. The van der Waals surface area contributed by atoms with Gasteiger partial charge in [0, 0.05) is 50.1 Å². The summed E-state index contributed by atoms with van der Waals surface area (Å²) in [4.78, 5) is 38.4. The second kappa shape index (κ2) is 8.03. The van der Waals surface area contributed by atoms with Crippen LogP contribution in [0.25, 0.3) is 0 Å². The molecule has 6 rings (SSSR count). The van der Waals surface area contributed by atoms with Crippen molar-refractivity contribution in [2.75, 3.05) is 19.6 Å². The van der Waals surface area contributed by atoms with Gasteiger partial charge in [-0.1, -0.05) is 42.5 Å². The normalized spacial score (nSPS) is 24.4. The molecule has 3 heterocycles. The van der Waals surface area contributed by atoms with Gasteiger partial charge in [-0.3, -0.25) is 19.7 Å². The number of benzene rings is 2. The number of piperidine rings is 1. The number of rotatable bonds is 6. The molecule has 2 aromatic rings. The highest BCUT2D eigenvalue weighted by molar-refractivity contribution is 6.05. The SMILES string of the molecule is O=C1CCC(N2Cc3ccc(CNCC4(c5ccccc5)CC5(CNC5)C4)cc3C2=O)C(=O)N1. The molecule has 0 radical (unpaired) electrons. The van der Waals surface area contributed by atoms with Gasteiger partial charge in [-0.15, -0.1) is 0 Å². The van der Waals surface area contributed by atoms with E-state index in [-0.39, 0.29) is 29.6 Å². The molecule has 176 valence electrons. The zero-order chi connectivity index (χ0) is 23.3. The molecule has 0 aromatic heterocycles. The van der Waals surface area contributed by atoms with Crippen LogP contribution in [0, 0.1) is 5.41 Å². The molecule has 3 amide bonds. The quantitative estimate of drug-likeness (QED) is 0.575. The fourth-order valence-corrected chi connectivity index (χ4v) is 6.49. The summed E-state index contributed by atoms with van der Waals surface area (Å²) in [6, 6.07) is 16.3. The standard InChI is InChI=1S/C27H30N4O3/c32-23-9-8-22(24(33)30-23)31-12-19-7-6-18(10-21(19)25(31)34)11-28-17-27(20-4-2-1-3-5-20)13-26(14-27)15-29-16-26/h1-7,10,22,28-29H,8-9,11-17H2,(H,30,32,33). The lowest BCUT2D eigenvalue weighted by atomic mass is 9.48. The lowest BCUT2D eigenvalue weighted by Crippen LogP contribution is -2.67. The molecule has 3 fully saturated rings. The van der Waals surface area contributed by atoms with Gasteiger partial charge in [-0.25, -0.2) is 0 Å². The predicted octanol–water partition coefficient (Wildman–Crippen LogP) is 1.86. The zero-order valence-electron chi connectivity index (χ0n) is 19.2. The first-order valence-corrected chi connectivity index (χ1v) is 12.2. The lowest BCUT2D eigenvalue weighted by molar-refractivity contribution is -0.136. The largest absolute Gasteiger partial charge is 0.322 e. The van der Waals surface area contributed by atoms with Crippen LogP contribution in [0.3, 0.4) is 0 Å². The Morgan fingerprint density at radius 2 is 1.82 bits per heavy atom. The van der Waals surface area contributed by atoms with E-state index in [0.29, 0.717) is 30.5 Å². The van der Waals surface area contributed by atoms with Crippen molar-refractivity contribution < 1.29 is 14.4 Å². The van der Waals surface area contributed by atoms with E-state index in [0.717, 1.165) is 30.8 Å². The number of carbonyl (C=O) groups excluding carboxylic acids is 3. The topological polar surface area (TPSA) is 90.5 Å². The van der Waals surface area contributed by atoms with Crippen LogP contribution < -0.4 is 16.0 Å². The van der Waals surface area contributed by atoms with Gasteiger partial charge in [0.1, 0.15) is 6.04 Å². The summed E-state index contributed by atoms with van der Waals surface area (Å²) in [6.45, 7) is 4.27. The maximum absolute atomic E-state index is 13.1. The summed E-state index contributed by atoms with van der Waals surface area (Å²) in [5, 5.41) is 9.47. The van der Waals surface area contributed by atoms with Crippen molar-refractivity contribution in [1.29, 1.82) is 0 Å². The molecule has 1 unspecified atom stereocenters. The summed E-state index contributed by atoms with van der Waals surface area (Å²) in [6.07, 6.45) is 3.06. The van der Waals surface area contributed by atoms with Crippen LogP contribution in [0.1, 0.15) is 52.7 Å². The number of imide groups is 1. The molecule has 1 aliphatic carbocycles. The third-order valence-corrected chi connectivity index (χ3v) is 8.20. The Hall–Kier alpha value is -3.03. The molecule has 34 heavy (non-hydrogen) atoms. The summed E-state index contributed by atoms with van der Waals surface area (Å²) in [5.41, 5.74) is 4.72. The number of fused-ring (bicyclic) bond motifs is 1. The fraction of sp³-hybridized carbons (Fsp3) is 0.444. The highest BCUT2D eigenvalue weighted by Crippen LogP contribution is 2.57. The Morgan fingerprint density at radius 1 is 1.03 bits per heavy atom. The molecule has 7 heteroatoms. The van der Waals surface area contributed by atoms with Gasteiger partial charge in [0.15, 0.2) is 0 Å². The third-order valence-electron chi connectivity index (χ3n) is 8.20. The summed E-state index contributed by atoms with van der Waals surface area (Å²) in [7, 11) is 0. The maximum Gasteiger partial charge on any atom is 0.255 e. The molecule has 1 spiro atoms. The van der Waals surface area contributed by atoms with Gasteiger partial charge in [-0.05, 0) is 47.4 Å². The Bertz CT molecular complexity index is 1150. The number of nitrogens with zero attached hydrogens (tertiary/aromatic N) is 1. The molecule has 7 nitrogen and oxygen atoms in total. The average Bonchev–Trinajstić information content (AvgIpc) is 3.10. The smallest absolute Gasteiger partial charge is 0.255 e. The van der Waals surface area contributed by atoms with E-state index in [9.17, 15) is 14.4 Å². The first-order valence-electron chi connectivity index (χ1n) is 12.2. The minimum atomic E-state index is -0.572. The van der Waals surface area contributed by atoms with Crippen LogP contribution in [-0.4, -0.2) is 48.3 Å². The van der Waals surface area contributed by atoms with Crippen LogP contribution in [0.2, 0.25) is 0 Å². The van der Waals surface area contributed by atoms with Crippen molar-refractivity contribution in [3.63, 3.8) is 0 Å². The van der Waals surface area contributed by atoms with Gasteiger partial charge in [0.05, 0.1) is 0 Å². The van der Waals surface area contributed by atoms with E-state index < -0.39 is 6.04 Å². The second-order valence-electron chi connectivity index (χ2n) is 10.6. The monoisotopic (exact) mass is 458 g/mol. The minimum absolute atomic E-state index is 0.120. The number of amides is 3. The molecular formula is C27H30N4O3. The van der Waals surface area contributed by atoms with Crippen molar-refractivity contribution in [3.8, 4) is 0 Å². The van der Waals surface area contributed by atoms with Crippen LogP contribution in [0.15, 0.2) is 48.5 Å². The van der Waals surface area contributed by atoms with Gasteiger partial charge >= 0.3 is 0 Å². The average molecular weight is 459 g/mol. The molecule has 3 aliphatic heterocycles. The van der Waals surface area contributed by atoms with Gasteiger partial charge in [0.2, 0.25) is 11.8 Å². The van der Waals surface area contributed by atoms with Crippen LogP contribution >= 0.6 is 0 Å². The first-order chi connectivity index (χ1) is 16.5. The molecule has 0 bridgehead atoms. The number of hydrogen-bond donors (Lipinski definition) is 3. The maximum atomic E-state index is 13.1. The number of carbonyl (C=O) groups is 3. The van der Waals surface area contributed by atoms with Gasteiger partial charge < -0.3 is 15.5 Å². The highest BCUT2D eigenvalue weighted by Gasteiger charge is 2.57. The Labute approximate surface area is 199 Å². The molecule has 1 atom stereocenters. The molecule has 4 aliphatic rings. The van der Waals surface area contributed by atoms with E-state index in [2.05, 4.69) is 52.3 Å². The zero-order valence-corrected chi connectivity index (χ0v) is 19.2. The van der Waals surface area contributed by atoms with E-state index >= 15 is 0 Å². The van der Waals surface area contributed by atoms with Crippen molar-refractivity contribution in [3.05, 3.63) is 70.8 Å². The highest BCUT2D eigenvalue weighted by atomic mass is 16.2. The Balaban J connectivity index is 1.12. The fourth-order valence-electron chi connectivity index (χ4n) is 6.49. The summed E-state index contributed by atoms with van der Waals surface area (Å²) in [5.74, 6) is -0.756. The van der Waals surface area contributed by atoms with Crippen molar-refractivity contribution >= 4 is 17.7 Å². The minimum Gasteiger partial charge on any atom is -0.322 e. The molecular weight excluding hydrogens is 428 g/mol. The molecule has 2 aromatic carbocycles. The summed E-state index contributed by atoms with van der Waals surface area (Å²) < 4.78 is 0.